The Bertz CT molecular complexity index is 851. The van der Waals surface area contributed by atoms with Crippen LogP contribution in [-0.4, -0.2) is 12.0 Å². The standard InChI is InChI=1S/C23H22BrNO2/c1-2-21(27-20-11-7-4-8-12-20)23(26)25-22(17-9-5-3-6-10-17)18-13-15-19(24)16-14-18/h3-16,21-22H,2H2,1H3,(H,25,26)/t21-,22-/m1/s1. The molecule has 0 aliphatic rings. The van der Waals surface area contributed by atoms with E-state index in [1.165, 1.54) is 0 Å². The van der Waals surface area contributed by atoms with E-state index < -0.39 is 6.10 Å². The second-order valence-corrected chi connectivity index (χ2v) is 7.15. The van der Waals surface area contributed by atoms with Gasteiger partial charge in [-0.15, -0.1) is 0 Å². The number of benzene rings is 3. The molecule has 3 nitrogen and oxygen atoms in total. The maximum absolute atomic E-state index is 13.0. The first-order valence-electron chi connectivity index (χ1n) is 9.00. The number of hydrogen-bond acceptors (Lipinski definition) is 2. The van der Waals surface area contributed by atoms with Crippen LogP contribution < -0.4 is 10.1 Å². The highest BCUT2D eigenvalue weighted by Gasteiger charge is 2.23. The minimum atomic E-state index is -0.547. The van der Waals surface area contributed by atoms with Gasteiger partial charge in [-0.2, -0.15) is 0 Å². The fourth-order valence-corrected chi connectivity index (χ4v) is 3.14. The Hall–Kier alpha value is -2.59. The Morgan fingerprint density at radius 2 is 1.44 bits per heavy atom. The van der Waals surface area contributed by atoms with Gasteiger partial charge in [0.15, 0.2) is 6.10 Å². The van der Waals surface area contributed by atoms with Crippen LogP contribution in [0, 0.1) is 0 Å². The predicted octanol–water partition coefficient (Wildman–Crippen LogP) is 5.51. The number of carbonyl (C=O) groups excluding carboxylic acids is 1. The van der Waals surface area contributed by atoms with Crippen LogP contribution in [0.15, 0.2) is 89.4 Å². The minimum Gasteiger partial charge on any atom is -0.481 e. The molecule has 0 heterocycles. The Morgan fingerprint density at radius 3 is 2.04 bits per heavy atom. The highest BCUT2D eigenvalue weighted by Crippen LogP contribution is 2.24. The highest BCUT2D eigenvalue weighted by atomic mass is 79.9. The van der Waals surface area contributed by atoms with E-state index in [1.54, 1.807) is 0 Å². The summed E-state index contributed by atoms with van der Waals surface area (Å²) in [5.41, 5.74) is 2.05. The summed E-state index contributed by atoms with van der Waals surface area (Å²) in [6, 6.07) is 27.2. The molecule has 3 aromatic carbocycles. The maximum Gasteiger partial charge on any atom is 0.261 e. The lowest BCUT2D eigenvalue weighted by atomic mass is 9.98. The molecule has 4 heteroatoms. The third kappa shape index (κ3) is 5.20. The summed E-state index contributed by atoms with van der Waals surface area (Å²) in [5, 5.41) is 3.16. The molecular formula is C23H22BrNO2. The molecule has 3 rings (SSSR count). The SMILES string of the molecule is CC[C@@H](Oc1ccccc1)C(=O)N[C@H](c1ccccc1)c1ccc(Br)cc1. The molecule has 0 bridgehead atoms. The molecule has 1 amide bonds. The van der Waals surface area contributed by atoms with Gasteiger partial charge in [0.2, 0.25) is 0 Å². The first-order chi connectivity index (χ1) is 13.2. The van der Waals surface area contributed by atoms with Crippen molar-refractivity contribution < 1.29 is 9.53 Å². The molecule has 0 fully saturated rings. The molecule has 2 atom stereocenters. The summed E-state index contributed by atoms with van der Waals surface area (Å²) in [6.45, 7) is 1.95. The topological polar surface area (TPSA) is 38.3 Å². The van der Waals surface area contributed by atoms with Gasteiger partial charge in [0.1, 0.15) is 5.75 Å². The lowest BCUT2D eigenvalue weighted by Crippen LogP contribution is -2.40. The summed E-state index contributed by atoms with van der Waals surface area (Å²) in [4.78, 5) is 13.0. The first-order valence-corrected chi connectivity index (χ1v) is 9.79. The molecule has 0 aliphatic carbocycles. The highest BCUT2D eigenvalue weighted by molar-refractivity contribution is 9.10. The van der Waals surface area contributed by atoms with Crippen molar-refractivity contribution >= 4 is 21.8 Å². The normalized spacial score (nSPS) is 12.8. The Labute approximate surface area is 168 Å². The fraction of sp³-hybridized carbons (Fsp3) is 0.174. The molecule has 0 saturated heterocycles. The van der Waals surface area contributed by atoms with E-state index in [0.717, 1.165) is 15.6 Å². The largest absolute Gasteiger partial charge is 0.481 e. The van der Waals surface area contributed by atoms with E-state index in [9.17, 15) is 4.79 Å². The van der Waals surface area contributed by atoms with Gasteiger partial charge in [-0.1, -0.05) is 83.5 Å². The van der Waals surface area contributed by atoms with Crippen LogP contribution in [-0.2, 0) is 4.79 Å². The lowest BCUT2D eigenvalue weighted by molar-refractivity contribution is -0.128. The minimum absolute atomic E-state index is 0.127. The van der Waals surface area contributed by atoms with Crippen LogP contribution in [0.4, 0.5) is 0 Å². The monoisotopic (exact) mass is 423 g/mol. The van der Waals surface area contributed by atoms with Crippen molar-refractivity contribution in [2.24, 2.45) is 0 Å². The molecule has 0 aliphatic heterocycles. The molecule has 0 radical (unpaired) electrons. The van der Waals surface area contributed by atoms with Crippen LogP contribution in [0.2, 0.25) is 0 Å². The molecule has 138 valence electrons. The molecule has 3 aromatic rings. The van der Waals surface area contributed by atoms with E-state index in [-0.39, 0.29) is 11.9 Å². The second-order valence-electron chi connectivity index (χ2n) is 6.23. The zero-order valence-corrected chi connectivity index (χ0v) is 16.7. The Balaban J connectivity index is 1.82. The number of nitrogens with one attached hydrogen (secondary N) is 1. The number of halogens is 1. The van der Waals surface area contributed by atoms with Crippen molar-refractivity contribution in [1.29, 1.82) is 0 Å². The summed E-state index contributed by atoms with van der Waals surface area (Å²) in [6.07, 6.45) is 0.0387. The van der Waals surface area contributed by atoms with E-state index >= 15 is 0 Å². The smallest absolute Gasteiger partial charge is 0.261 e. The van der Waals surface area contributed by atoms with Crippen LogP contribution in [0.1, 0.15) is 30.5 Å². The van der Waals surface area contributed by atoms with E-state index in [2.05, 4.69) is 21.2 Å². The van der Waals surface area contributed by atoms with Crippen LogP contribution in [0.25, 0.3) is 0 Å². The van der Waals surface area contributed by atoms with Gasteiger partial charge in [0.05, 0.1) is 6.04 Å². The number of para-hydroxylation sites is 1. The zero-order valence-electron chi connectivity index (χ0n) is 15.1. The summed E-state index contributed by atoms with van der Waals surface area (Å²) in [7, 11) is 0. The summed E-state index contributed by atoms with van der Waals surface area (Å²) < 4.78 is 6.90. The summed E-state index contributed by atoms with van der Waals surface area (Å²) in [5.74, 6) is 0.567. The Kier molecular flexibility index (Phi) is 6.66. The fourth-order valence-electron chi connectivity index (χ4n) is 2.88. The third-order valence-corrected chi connectivity index (χ3v) is 4.84. The maximum atomic E-state index is 13.0. The quantitative estimate of drug-likeness (QED) is 0.543. The van der Waals surface area contributed by atoms with Crippen LogP contribution in [0.3, 0.4) is 0 Å². The van der Waals surface area contributed by atoms with Crippen molar-refractivity contribution in [3.05, 3.63) is 101 Å². The van der Waals surface area contributed by atoms with Gasteiger partial charge in [0.25, 0.3) is 5.91 Å². The van der Waals surface area contributed by atoms with E-state index in [0.29, 0.717) is 12.2 Å². The molecule has 0 aromatic heterocycles. The molecule has 27 heavy (non-hydrogen) atoms. The van der Waals surface area contributed by atoms with Crippen LogP contribution >= 0.6 is 15.9 Å². The summed E-state index contributed by atoms with van der Waals surface area (Å²) >= 11 is 3.47. The average Bonchev–Trinajstić information content (AvgIpc) is 2.72. The van der Waals surface area contributed by atoms with Gasteiger partial charge < -0.3 is 10.1 Å². The average molecular weight is 424 g/mol. The van der Waals surface area contributed by atoms with E-state index in [1.807, 2.05) is 91.9 Å². The first kappa shape index (κ1) is 19.2. The number of carbonyl (C=O) groups is 1. The Morgan fingerprint density at radius 1 is 0.889 bits per heavy atom. The lowest BCUT2D eigenvalue weighted by Gasteiger charge is -2.24. The molecule has 1 N–H and O–H groups in total. The van der Waals surface area contributed by atoms with E-state index in [4.69, 9.17) is 4.74 Å². The van der Waals surface area contributed by atoms with Gasteiger partial charge >= 0.3 is 0 Å². The van der Waals surface area contributed by atoms with Crippen molar-refractivity contribution in [2.45, 2.75) is 25.5 Å². The molecule has 0 spiro atoms. The van der Waals surface area contributed by atoms with Crippen LogP contribution in [0.5, 0.6) is 5.75 Å². The van der Waals surface area contributed by atoms with Crippen molar-refractivity contribution in [3.8, 4) is 5.75 Å². The molecule has 0 unspecified atom stereocenters. The van der Waals surface area contributed by atoms with Crippen molar-refractivity contribution in [1.82, 2.24) is 5.32 Å². The number of rotatable bonds is 7. The molecular weight excluding hydrogens is 402 g/mol. The molecule has 0 saturated carbocycles. The second kappa shape index (κ2) is 9.38. The van der Waals surface area contributed by atoms with Gasteiger partial charge in [-0.25, -0.2) is 0 Å². The zero-order chi connectivity index (χ0) is 19.1. The number of ether oxygens (including phenoxy) is 1. The number of amides is 1. The predicted molar refractivity (Wildman–Crippen MR) is 112 cm³/mol. The van der Waals surface area contributed by atoms with Crippen molar-refractivity contribution in [2.75, 3.05) is 0 Å². The number of hydrogen-bond donors (Lipinski definition) is 1. The van der Waals surface area contributed by atoms with Gasteiger partial charge in [-0.3, -0.25) is 4.79 Å². The van der Waals surface area contributed by atoms with Crippen molar-refractivity contribution in [3.63, 3.8) is 0 Å². The van der Waals surface area contributed by atoms with Gasteiger partial charge in [0, 0.05) is 4.47 Å². The van der Waals surface area contributed by atoms with Gasteiger partial charge in [-0.05, 0) is 41.8 Å². The third-order valence-electron chi connectivity index (χ3n) is 4.31.